The van der Waals surface area contributed by atoms with E-state index in [0.29, 0.717) is 0 Å². The number of para-hydroxylation sites is 6. The van der Waals surface area contributed by atoms with Crippen molar-refractivity contribution < 1.29 is 26.5 Å². The highest BCUT2D eigenvalue weighted by Crippen LogP contribution is 2.49. The van der Waals surface area contributed by atoms with Crippen LogP contribution in [0.2, 0.25) is 0 Å². The molecule has 0 amide bonds. The molecule has 0 aliphatic carbocycles. The van der Waals surface area contributed by atoms with Gasteiger partial charge in [0.2, 0.25) is 0 Å². The van der Waals surface area contributed by atoms with Crippen molar-refractivity contribution in [3.63, 3.8) is 0 Å². The average Bonchev–Trinajstić information content (AvgIpc) is 1.59. The van der Waals surface area contributed by atoms with Crippen molar-refractivity contribution in [2.75, 3.05) is 14.7 Å². The Balaban J connectivity index is 0.000000104. The van der Waals surface area contributed by atoms with Gasteiger partial charge in [0.15, 0.2) is 33.5 Å². The van der Waals surface area contributed by atoms with E-state index in [0.717, 1.165) is 184 Å². The second kappa shape index (κ2) is 31.6. The minimum absolute atomic E-state index is 0.804. The Morgan fingerprint density at radius 3 is 0.735 bits per heavy atom. The van der Waals surface area contributed by atoms with E-state index in [-0.39, 0.29) is 0 Å². The first-order valence-electron chi connectivity index (χ1n) is 44.1. The lowest BCUT2D eigenvalue weighted by Gasteiger charge is -2.26. The SMILES string of the molecule is c1ccc(N(c2ccc(-c3ccc4c(c3)oc3c5ccccc5oc43)cc2)c2ccc(-c3ccc4sc5ccccc5c4c3)cc2)cc1.c1ccc(N(c2ccc(-c3ccc4c(c3)oc3c5ccccc5oc43)cc2)c2ccc3sc4ccccc4c3c2)cc1.c1ccc(N(c2cccc(-c3ccc4c(c3)oc3c5ccccc5oc43)c2)c2ccc3sc4ccccc4c3c2)cc1. The van der Waals surface area contributed by atoms with Crippen LogP contribution in [0.5, 0.6) is 0 Å². The molecule has 0 bridgehead atoms. The second-order valence-electron chi connectivity index (χ2n) is 33.3. The number of rotatable bonds is 13. The summed E-state index contributed by atoms with van der Waals surface area (Å²) >= 11 is 5.54. The van der Waals surface area contributed by atoms with Gasteiger partial charge in [-0.05, 0) is 269 Å². The molecular formula is C120H73N3O6S3. The van der Waals surface area contributed by atoms with E-state index in [1.165, 1.54) is 71.6 Å². The van der Waals surface area contributed by atoms with Crippen LogP contribution < -0.4 is 14.7 Å². The number of hydrogen-bond donors (Lipinski definition) is 0. The van der Waals surface area contributed by atoms with Gasteiger partial charge in [0, 0.05) is 112 Å². The molecule has 9 heterocycles. The fourth-order valence-electron chi connectivity index (χ4n) is 19.1. The summed E-state index contributed by atoms with van der Waals surface area (Å²) in [6.07, 6.45) is 0. The minimum Gasteiger partial charge on any atom is -0.452 e. The van der Waals surface area contributed by atoms with Gasteiger partial charge in [0.25, 0.3) is 0 Å². The van der Waals surface area contributed by atoms with Crippen LogP contribution in [0, 0.1) is 0 Å². The van der Waals surface area contributed by atoms with E-state index >= 15 is 0 Å². The third kappa shape index (κ3) is 13.3. The summed E-state index contributed by atoms with van der Waals surface area (Å²) in [5.74, 6) is 0. The molecule has 132 heavy (non-hydrogen) atoms. The minimum atomic E-state index is 0.804. The first-order chi connectivity index (χ1) is 65.4. The molecule has 19 aromatic carbocycles. The zero-order valence-corrected chi connectivity index (χ0v) is 73.1. The van der Waals surface area contributed by atoms with Crippen LogP contribution in [0.1, 0.15) is 0 Å². The first kappa shape index (κ1) is 76.5. The number of furan rings is 6. The quantitative estimate of drug-likeness (QED) is 0.112. The predicted molar refractivity (Wildman–Crippen MR) is 555 cm³/mol. The molecule has 28 aromatic rings. The molecule has 0 atom stereocenters. The smallest absolute Gasteiger partial charge is 0.181 e. The fourth-order valence-corrected chi connectivity index (χ4v) is 22.3. The Hall–Kier alpha value is -16.7. The Kier molecular flexibility index (Phi) is 18.3. The zero-order valence-electron chi connectivity index (χ0n) is 70.7. The van der Waals surface area contributed by atoms with Crippen LogP contribution in [0.25, 0.3) is 204 Å². The topological polar surface area (TPSA) is 88.6 Å². The summed E-state index contributed by atoms with van der Waals surface area (Å²) in [7, 11) is 0. The maximum absolute atomic E-state index is 6.35. The summed E-state index contributed by atoms with van der Waals surface area (Å²) in [4.78, 5) is 6.96. The Morgan fingerprint density at radius 1 is 0.129 bits per heavy atom. The van der Waals surface area contributed by atoms with E-state index in [4.69, 9.17) is 26.5 Å². The molecule has 0 spiro atoms. The van der Waals surface area contributed by atoms with Gasteiger partial charge in [-0.25, -0.2) is 0 Å². The molecule has 28 rings (SSSR count). The standard InChI is InChI=1S/C44H27NO2S.2C38H23NO2S/c1-2-8-32(9-3-1)45(33-20-14-28(15-21-33)30-19-25-42-38(26-30)35-10-5-7-13-41(35)48-42)34-22-16-29(17-23-34)31-18-24-37-40(27-31)47-43-36-11-4-6-12-39(36)46-44(37)43;1-2-10-26(11-3-1)39(28-18-20-36-32(23-28)29-13-5-7-16-35(29)42-36)27-12-8-9-24(21-27)25-17-19-31-34(22-25)41-37-30-14-4-6-15-33(30)40-38(31)37;1-2-8-26(9-3-1)39(28-19-21-36-32(23-28)29-10-5-7-13-35(29)42-36)27-17-14-24(15-18-27)25-16-20-31-34(22-25)41-37-30-11-4-6-12-33(30)40-38(31)37/h1-27H;2*1-23H. The summed E-state index contributed by atoms with van der Waals surface area (Å²) < 4.78 is 45.3. The highest BCUT2D eigenvalue weighted by atomic mass is 32.1. The van der Waals surface area contributed by atoms with Crippen molar-refractivity contribution in [3.8, 4) is 44.5 Å². The van der Waals surface area contributed by atoms with Crippen molar-refractivity contribution >= 4 is 245 Å². The third-order valence-corrected chi connectivity index (χ3v) is 28.9. The molecule has 12 heteroatoms. The Labute approximate surface area is 767 Å². The van der Waals surface area contributed by atoms with Gasteiger partial charge in [0.05, 0.1) is 32.3 Å². The second-order valence-corrected chi connectivity index (χ2v) is 36.5. The van der Waals surface area contributed by atoms with Gasteiger partial charge >= 0.3 is 0 Å². The monoisotopic (exact) mass is 1750 g/mol. The predicted octanol–water partition coefficient (Wildman–Crippen LogP) is 37.2. The normalized spacial score (nSPS) is 11.8. The van der Waals surface area contributed by atoms with E-state index in [1.807, 2.05) is 107 Å². The highest BCUT2D eigenvalue weighted by Gasteiger charge is 2.24. The number of benzene rings is 19. The van der Waals surface area contributed by atoms with Gasteiger partial charge in [-0.2, -0.15) is 0 Å². The van der Waals surface area contributed by atoms with Crippen LogP contribution >= 0.6 is 34.0 Å². The van der Waals surface area contributed by atoms with Crippen molar-refractivity contribution in [3.05, 3.63) is 443 Å². The van der Waals surface area contributed by atoms with Gasteiger partial charge in [0.1, 0.15) is 33.5 Å². The summed E-state index contributed by atoms with van der Waals surface area (Å²) in [5.41, 5.74) is 29.0. The number of hydrogen-bond acceptors (Lipinski definition) is 12. The van der Waals surface area contributed by atoms with Crippen LogP contribution in [0.3, 0.4) is 0 Å². The maximum Gasteiger partial charge on any atom is 0.181 e. The lowest BCUT2D eigenvalue weighted by atomic mass is 10.0. The molecule has 0 saturated heterocycles. The van der Waals surface area contributed by atoms with E-state index in [1.54, 1.807) is 0 Å². The zero-order chi connectivity index (χ0) is 86.9. The average molecular weight is 1750 g/mol. The summed E-state index contributed by atoms with van der Waals surface area (Å²) in [6.45, 7) is 0. The molecule has 0 radical (unpaired) electrons. The number of thiophene rings is 3. The third-order valence-electron chi connectivity index (χ3n) is 25.4. The van der Waals surface area contributed by atoms with Crippen molar-refractivity contribution in [1.82, 2.24) is 0 Å². The van der Waals surface area contributed by atoms with Crippen LogP contribution in [-0.2, 0) is 0 Å². The summed E-state index contributed by atoms with van der Waals surface area (Å²) in [6, 6.07) is 156. The molecule has 9 nitrogen and oxygen atoms in total. The molecule has 0 fully saturated rings. The molecule has 0 N–H and O–H groups in total. The van der Waals surface area contributed by atoms with Gasteiger partial charge in [-0.1, -0.05) is 218 Å². The molecule has 622 valence electrons. The molecule has 9 aromatic heterocycles. The first-order valence-corrected chi connectivity index (χ1v) is 46.5. The molecular weight excluding hydrogens is 1680 g/mol. The van der Waals surface area contributed by atoms with Gasteiger partial charge in [-0.15, -0.1) is 34.0 Å². The highest BCUT2D eigenvalue weighted by molar-refractivity contribution is 7.26. The number of nitrogens with zero attached hydrogens (tertiary/aromatic N) is 3. The fraction of sp³-hybridized carbons (Fsp3) is 0. The molecule has 0 unspecified atom stereocenters. The molecule has 0 saturated carbocycles. The lowest BCUT2D eigenvalue weighted by molar-refractivity contribution is 0.653. The Bertz CT molecular complexity index is 9320. The largest absolute Gasteiger partial charge is 0.452 e. The van der Waals surface area contributed by atoms with Crippen LogP contribution in [0.15, 0.2) is 469 Å². The summed E-state index contributed by atoms with van der Waals surface area (Å²) in [5, 5.41) is 13.8. The lowest BCUT2D eigenvalue weighted by Crippen LogP contribution is -2.09. The van der Waals surface area contributed by atoms with Crippen molar-refractivity contribution in [1.29, 1.82) is 0 Å². The van der Waals surface area contributed by atoms with Crippen molar-refractivity contribution in [2.45, 2.75) is 0 Å². The van der Waals surface area contributed by atoms with E-state index < -0.39 is 0 Å². The maximum atomic E-state index is 6.35. The molecule has 0 aliphatic heterocycles. The van der Waals surface area contributed by atoms with Crippen LogP contribution in [-0.4, -0.2) is 0 Å². The molecule has 0 aliphatic rings. The van der Waals surface area contributed by atoms with Crippen LogP contribution in [0.4, 0.5) is 51.2 Å². The Morgan fingerprint density at radius 2 is 0.356 bits per heavy atom. The van der Waals surface area contributed by atoms with Gasteiger partial charge < -0.3 is 41.2 Å². The number of fused-ring (bicyclic) bond motifs is 24. The van der Waals surface area contributed by atoms with E-state index in [9.17, 15) is 0 Å². The van der Waals surface area contributed by atoms with Gasteiger partial charge in [-0.3, -0.25) is 0 Å². The van der Waals surface area contributed by atoms with Crippen molar-refractivity contribution in [2.24, 2.45) is 0 Å². The van der Waals surface area contributed by atoms with E-state index in [2.05, 4.69) is 385 Å². The number of anilines is 9.